The van der Waals surface area contributed by atoms with E-state index >= 15 is 0 Å². The Bertz CT molecular complexity index is 674. The van der Waals surface area contributed by atoms with Gasteiger partial charge in [0, 0.05) is 31.6 Å². The predicted molar refractivity (Wildman–Crippen MR) is 95.4 cm³/mol. The molecule has 1 amide bonds. The summed E-state index contributed by atoms with van der Waals surface area (Å²) in [5.74, 6) is 2.51. The van der Waals surface area contributed by atoms with Crippen LogP contribution in [0.15, 0.2) is 24.3 Å². The summed E-state index contributed by atoms with van der Waals surface area (Å²) in [7, 11) is 0. The molecule has 124 valence electrons. The first-order valence-electron chi connectivity index (χ1n) is 7.47. The number of halogens is 1. The van der Waals surface area contributed by atoms with Gasteiger partial charge in [0.2, 0.25) is 5.91 Å². The zero-order chi connectivity index (χ0) is 16.8. The third kappa shape index (κ3) is 4.97. The third-order valence-corrected chi connectivity index (χ3v) is 4.20. The fraction of sp³-hybridized carbons (Fsp3) is 0.438. The summed E-state index contributed by atoms with van der Waals surface area (Å²) >= 11 is 8.06. The van der Waals surface area contributed by atoms with E-state index in [0.29, 0.717) is 11.4 Å². The molecule has 1 atom stereocenters. The topological polar surface area (TPSA) is 59.8 Å². The average molecular weight is 353 g/mol. The van der Waals surface area contributed by atoms with Crippen LogP contribution in [0.2, 0.25) is 5.02 Å². The SMILES string of the molecule is CSCCc1nc(C[C@H](C)NC(C)=O)n(-c2ccccc2Cl)n1. The van der Waals surface area contributed by atoms with Crippen molar-refractivity contribution in [2.75, 3.05) is 12.0 Å². The second-order valence-electron chi connectivity index (χ2n) is 5.36. The van der Waals surface area contributed by atoms with Crippen molar-refractivity contribution in [1.29, 1.82) is 0 Å². The Morgan fingerprint density at radius 1 is 1.43 bits per heavy atom. The van der Waals surface area contributed by atoms with Crippen molar-refractivity contribution in [3.8, 4) is 5.69 Å². The Morgan fingerprint density at radius 2 is 2.17 bits per heavy atom. The smallest absolute Gasteiger partial charge is 0.217 e. The first-order chi connectivity index (χ1) is 11.0. The standard InChI is InChI=1S/C16H21ClN4OS/c1-11(18-12(2)22)10-16-19-15(8-9-23-3)20-21(16)14-7-5-4-6-13(14)17/h4-7,11H,8-10H2,1-3H3,(H,18,22)/t11-/m0/s1. The maximum absolute atomic E-state index is 11.2. The van der Waals surface area contributed by atoms with Gasteiger partial charge in [0.05, 0.1) is 10.7 Å². The highest BCUT2D eigenvalue weighted by Crippen LogP contribution is 2.21. The number of thioether (sulfide) groups is 1. The van der Waals surface area contributed by atoms with E-state index in [1.165, 1.54) is 6.92 Å². The molecule has 0 spiro atoms. The molecule has 0 unspecified atom stereocenters. The molecule has 0 radical (unpaired) electrons. The van der Waals surface area contributed by atoms with Gasteiger partial charge in [0.1, 0.15) is 5.82 Å². The summed E-state index contributed by atoms with van der Waals surface area (Å²) in [6, 6.07) is 7.54. The van der Waals surface area contributed by atoms with Crippen molar-refractivity contribution in [2.45, 2.75) is 32.7 Å². The van der Waals surface area contributed by atoms with Crippen LogP contribution in [0.3, 0.4) is 0 Å². The number of benzene rings is 1. The summed E-state index contributed by atoms with van der Waals surface area (Å²) < 4.78 is 1.79. The van der Waals surface area contributed by atoms with E-state index in [1.807, 2.05) is 31.2 Å². The molecule has 1 aromatic heterocycles. The second-order valence-corrected chi connectivity index (χ2v) is 6.75. The highest BCUT2D eigenvalue weighted by atomic mass is 35.5. The maximum Gasteiger partial charge on any atom is 0.217 e. The van der Waals surface area contributed by atoms with Crippen LogP contribution in [0.25, 0.3) is 5.69 Å². The van der Waals surface area contributed by atoms with Gasteiger partial charge in [0.25, 0.3) is 0 Å². The van der Waals surface area contributed by atoms with E-state index in [4.69, 9.17) is 11.6 Å². The summed E-state index contributed by atoms with van der Waals surface area (Å²) in [5.41, 5.74) is 0.807. The molecule has 1 heterocycles. The monoisotopic (exact) mass is 352 g/mol. The second kappa shape index (κ2) is 8.36. The first kappa shape index (κ1) is 17.8. The molecule has 1 aromatic carbocycles. The molecule has 0 bridgehead atoms. The highest BCUT2D eigenvalue weighted by molar-refractivity contribution is 7.98. The number of amides is 1. The molecule has 0 aliphatic carbocycles. The minimum absolute atomic E-state index is 0.0219. The summed E-state index contributed by atoms with van der Waals surface area (Å²) in [4.78, 5) is 15.9. The summed E-state index contributed by atoms with van der Waals surface area (Å²) in [5, 5.41) is 8.11. The minimum Gasteiger partial charge on any atom is -0.353 e. The van der Waals surface area contributed by atoms with Crippen LogP contribution in [-0.2, 0) is 17.6 Å². The normalized spacial score (nSPS) is 12.2. The number of carbonyl (C=O) groups excluding carboxylic acids is 1. The van der Waals surface area contributed by atoms with E-state index in [0.717, 1.165) is 29.5 Å². The average Bonchev–Trinajstić information content (AvgIpc) is 2.87. The van der Waals surface area contributed by atoms with Crippen molar-refractivity contribution in [2.24, 2.45) is 0 Å². The molecule has 2 aromatic rings. The number of aryl methyl sites for hydroxylation is 1. The van der Waals surface area contributed by atoms with Crippen molar-refractivity contribution in [1.82, 2.24) is 20.1 Å². The molecule has 0 aliphatic rings. The number of rotatable bonds is 7. The molecule has 5 nitrogen and oxygen atoms in total. The van der Waals surface area contributed by atoms with E-state index < -0.39 is 0 Å². The van der Waals surface area contributed by atoms with Gasteiger partial charge in [-0.1, -0.05) is 23.7 Å². The van der Waals surface area contributed by atoms with Crippen LogP contribution in [0, 0.1) is 0 Å². The molecular formula is C16H21ClN4OS. The molecule has 0 saturated carbocycles. The van der Waals surface area contributed by atoms with Crippen molar-refractivity contribution in [3.63, 3.8) is 0 Å². The third-order valence-electron chi connectivity index (χ3n) is 3.27. The number of hydrogen-bond donors (Lipinski definition) is 1. The van der Waals surface area contributed by atoms with Gasteiger partial charge in [-0.3, -0.25) is 4.79 Å². The van der Waals surface area contributed by atoms with Gasteiger partial charge in [0.15, 0.2) is 5.82 Å². The molecule has 0 saturated heterocycles. The molecule has 2 rings (SSSR count). The number of para-hydroxylation sites is 1. The molecule has 0 fully saturated rings. The Morgan fingerprint density at radius 3 is 2.83 bits per heavy atom. The number of nitrogens with zero attached hydrogens (tertiary/aromatic N) is 3. The Labute approximate surface area is 145 Å². The fourth-order valence-electron chi connectivity index (χ4n) is 2.31. The van der Waals surface area contributed by atoms with Crippen LogP contribution in [0.4, 0.5) is 0 Å². The van der Waals surface area contributed by atoms with Gasteiger partial charge in [-0.15, -0.1) is 0 Å². The first-order valence-corrected chi connectivity index (χ1v) is 9.24. The van der Waals surface area contributed by atoms with Gasteiger partial charge < -0.3 is 5.32 Å². The van der Waals surface area contributed by atoms with E-state index in [2.05, 4.69) is 21.7 Å². The van der Waals surface area contributed by atoms with Gasteiger partial charge in [-0.05, 0) is 25.3 Å². The fourth-order valence-corrected chi connectivity index (χ4v) is 2.91. The van der Waals surface area contributed by atoms with Crippen LogP contribution in [0.5, 0.6) is 0 Å². The molecular weight excluding hydrogens is 332 g/mol. The summed E-state index contributed by atoms with van der Waals surface area (Å²) in [6.45, 7) is 3.47. The van der Waals surface area contributed by atoms with Crippen LogP contribution >= 0.6 is 23.4 Å². The lowest BCUT2D eigenvalue weighted by Gasteiger charge is -2.13. The molecule has 1 N–H and O–H groups in total. The number of carbonyl (C=O) groups is 1. The lowest BCUT2D eigenvalue weighted by Crippen LogP contribution is -2.32. The van der Waals surface area contributed by atoms with E-state index in [1.54, 1.807) is 16.4 Å². The van der Waals surface area contributed by atoms with Crippen LogP contribution in [-0.4, -0.2) is 38.7 Å². The van der Waals surface area contributed by atoms with Gasteiger partial charge in [-0.25, -0.2) is 9.67 Å². The van der Waals surface area contributed by atoms with Crippen molar-refractivity contribution >= 4 is 29.3 Å². The largest absolute Gasteiger partial charge is 0.353 e. The Kier molecular flexibility index (Phi) is 6.47. The zero-order valence-corrected chi connectivity index (χ0v) is 15.1. The van der Waals surface area contributed by atoms with E-state index in [9.17, 15) is 4.79 Å². The Hall–Kier alpha value is -1.53. The number of nitrogens with one attached hydrogen (secondary N) is 1. The van der Waals surface area contributed by atoms with E-state index in [-0.39, 0.29) is 11.9 Å². The van der Waals surface area contributed by atoms with Crippen molar-refractivity contribution in [3.05, 3.63) is 40.9 Å². The van der Waals surface area contributed by atoms with Crippen LogP contribution < -0.4 is 5.32 Å². The lowest BCUT2D eigenvalue weighted by atomic mass is 10.2. The molecule has 23 heavy (non-hydrogen) atoms. The maximum atomic E-state index is 11.2. The molecule has 0 aliphatic heterocycles. The minimum atomic E-state index is -0.0519. The van der Waals surface area contributed by atoms with Gasteiger partial charge >= 0.3 is 0 Å². The molecule has 7 heteroatoms. The lowest BCUT2D eigenvalue weighted by molar-refractivity contribution is -0.119. The summed E-state index contributed by atoms with van der Waals surface area (Å²) in [6.07, 6.45) is 3.46. The van der Waals surface area contributed by atoms with Gasteiger partial charge in [-0.2, -0.15) is 16.9 Å². The van der Waals surface area contributed by atoms with Crippen LogP contribution in [0.1, 0.15) is 25.5 Å². The number of hydrogen-bond acceptors (Lipinski definition) is 4. The quantitative estimate of drug-likeness (QED) is 0.832. The predicted octanol–water partition coefficient (Wildman–Crippen LogP) is 2.89. The Balaban J connectivity index is 2.32. The van der Waals surface area contributed by atoms with Crippen molar-refractivity contribution < 1.29 is 4.79 Å². The zero-order valence-electron chi connectivity index (χ0n) is 13.5. The number of aromatic nitrogens is 3. The highest BCUT2D eigenvalue weighted by Gasteiger charge is 2.16.